The first-order valence-corrected chi connectivity index (χ1v) is 6.23. The summed E-state index contributed by atoms with van der Waals surface area (Å²) in [6, 6.07) is 0. The Morgan fingerprint density at radius 2 is 1.33 bits per heavy atom. The van der Waals surface area contributed by atoms with Crippen LogP contribution < -0.4 is 0 Å². The maximum Gasteiger partial charge on any atom is -0.00186 e. The monoisotopic (exact) mass is 204 g/mol. The van der Waals surface area contributed by atoms with Crippen LogP contribution in [0.1, 0.15) is 47.0 Å². The Balaban J connectivity index is 2.13. The Hall–Kier alpha value is -0.520. The Labute approximate surface area is 94.5 Å². The lowest BCUT2D eigenvalue weighted by Gasteiger charge is -2.46. The summed E-state index contributed by atoms with van der Waals surface area (Å²) >= 11 is 0. The molecule has 84 valence electrons. The predicted molar refractivity (Wildman–Crippen MR) is 66.7 cm³/mol. The van der Waals surface area contributed by atoms with E-state index in [2.05, 4.69) is 52.0 Å². The van der Waals surface area contributed by atoms with E-state index in [1.807, 2.05) is 0 Å². The number of rotatable bonds is 1. The molecular weight excluding hydrogens is 180 g/mol. The van der Waals surface area contributed by atoms with Crippen molar-refractivity contribution < 1.29 is 0 Å². The molecular formula is C15H24. The average molecular weight is 204 g/mol. The summed E-state index contributed by atoms with van der Waals surface area (Å²) < 4.78 is 0. The second-order valence-corrected chi connectivity index (χ2v) is 7.02. The predicted octanol–water partition coefficient (Wildman–Crippen LogP) is 4.58. The maximum absolute atomic E-state index is 2.43. The van der Waals surface area contributed by atoms with Crippen LogP contribution in [0.2, 0.25) is 0 Å². The van der Waals surface area contributed by atoms with Gasteiger partial charge in [-0.05, 0) is 41.9 Å². The van der Waals surface area contributed by atoms with Gasteiger partial charge in [0.1, 0.15) is 0 Å². The zero-order chi connectivity index (χ0) is 11.1. The Morgan fingerprint density at radius 1 is 0.867 bits per heavy atom. The van der Waals surface area contributed by atoms with E-state index < -0.39 is 0 Å². The lowest BCUT2D eigenvalue weighted by atomic mass is 9.59. The summed E-state index contributed by atoms with van der Waals surface area (Å²) in [5.41, 5.74) is 1.05. The van der Waals surface area contributed by atoms with Crippen LogP contribution in [-0.4, -0.2) is 0 Å². The minimum Gasteiger partial charge on any atom is -0.0773 e. The molecule has 0 aromatic carbocycles. The highest BCUT2D eigenvalue weighted by atomic mass is 14.4. The fourth-order valence-electron chi connectivity index (χ4n) is 3.97. The third kappa shape index (κ3) is 2.53. The van der Waals surface area contributed by atoms with Gasteiger partial charge >= 0.3 is 0 Å². The maximum atomic E-state index is 2.43. The van der Waals surface area contributed by atoms with Crippen LogP contribution >= 0.6 is 0 Å². The van der Waals surface area contributed by atoms with Crippen LogP contribution in [-0.2, 0) is 0 Å². The van der Waals surface area contributed by atoms with E-state index in [1.54, 1.807) is 0 Å². The van der Waals surface area contributed by atoms with E-state index in [0.29, 0.717) is 16.7 Å². The van der Waals surface area contributed by atoms with Crippen LogP contribution in [0.25, 0.3) is 0 Å². The van der Waals surface area contributed by atoms with Crippen molar-refractivity contribution >= 4 is 0 Å². The van der Waals surface area contributed by atoms with Crippen molar-refractivity contribution in [2.75, 3.05) is 0 Å². The second kappa shape index (κ2) is 3.50. The number of hydrogen-bond acceptors (Lipinski definition) is 0. The molecule has 15 heavy (non-hydrogen) atoms. The Morgan fingerprint density at radius 3 is 1.80 bits per heavy atom. The molecule has 0 nitrogen and oxygen atoms in total. The van der Waals surface area contributed by atoms with Gasteiger partial charge in [0.15, 0.2) is 0 Å². The molecule has 0 aromatic heterocycles. The van der Waals surface area contributed by atoms with Crippen molar-refractivity contribution in [2.24, 2.45) is 22.7 Å². The molecule has 0 amide bonds. The summed E-state index contributed by atoms with van der Waals surface area (Å²) in [5, 5.41) is 0. The van der Waals surface area contributed by atoms with Gasteiger partial charge in [0.05, 0.1) is 0 Å². The summed E-state index contributed by atoms with van der Waals surface area (Å²) in [5.74, 6) is 1.57. The van der Waals surface area contributed by atoms with E-state index in [-0.39, 0.29) is 0 Å². The molecule has 0 aliphatic heterocycles. The molecule has 2 aliphatic carbocycles. The minimum absolute atomic E-state index is 0.524. The first-order chi connectivity index (χ1) is 6.88. The van der Waals surface area contributed by atoms with Crippen LogP contribution in [0.4, 0.5) is 0 Å². The molecule has 1 fully saturated rings. The molecule has 2 aliphatic rings. The third-order valence-corrected chi connectivity index (χ3v) is 3.91. The zero-order valence-corrected chi connectivity index (χ0v) is 10.6. The van der Waals surface area contributed by atoms with E-state index in [4.69, 9.17) is 0 Å². The van der Waals surface area contributed by atoms with Crippen molar-refractivity contribution in [1.82, 2.24) is 0 Å². The van der Waals surface area contributed by atoms with E-state index in [1.165, 1.54) is 19.3 Å². The molecule has 0 unspecified atom stereocenters. The molecule has 0 N–H and O–H groups in total. The van der Waals surface area contributed by atoms with Crippen molar-refractivity contribution in [3.63, 3.8) is 0 Å². The van der Waals surface area contributed by atoms with Gasteiger partial charge in [0.25, 0.3) is 0 Å². The van der Waals surface area contributed by atoms with Gasteiger partial charge in [-0.1, -0.05) is 52.0 Å². The lowest BCUT2D eigenvalue weighted by molar-refractivity contribution is 0.0573. The Kier molecular flexibility index (Phi) is 2.56. The quantitative estimate of drug-likeness (QED) is 0.586. The summed E-state index contributed by atoms with van der Waals surface area (Å²) in [6.07, 6.45) is 13.3. The van der Waals surface area contributed by atoms with Gasteiger partial charge in [-0.15, -0.1) is 0 Å². The fraction of sp³-hybridized carbons (Fsp3) is 0.733. The smallest absolute Gasteiger partial charge is 0.00186 e. The zero-order valence-electron chi connectivity index (χ0n) is 10.6. The molecule has 0 bridgehead atoms. The molecule has 0 atom stereocenters. The van der Waals surface area contributed by atoms with Gasteiger partial charge in [-0.2, -0.15) is 0 Å². The molecule has 0 aromatic rings. The van der Waals surface area contributed by atoms with Crippen molar-refractivity contribution in [1.29, 1.82) is 0 Å². The first kappa shape index (κ1) is 11.0. The summed E-state index contributed by atoms with van der Waals surface area (Å²) in [6.45, 7) is 9.74. The molecule has 0 heteroatoms. The fourth-order valence-corrected chi connectivity index (χ4v) is 3.97. The largest absolute Gasteiger partial charge is 0.0773 e. The standard InChI is InChI=1S/C15H24/c1-14(2)9-13(10-15(3,4)11-14)12-7-5-6-8-12/h5-8,12-13H,9-11H2,1-4H3. The highest BCUT2D eigenvalue weighted by Crippen LogP contribution is 2.51. The molecule has 1 saturated carbocycles. The van der Waals surface area contributed by atoms with Crippen molar-refractivity contribution in [3.8, 4) is 0 Å². The van der Waals surface area contributed by atoms with E-state index in [0.717, 1.165) is 5.92 Å². The van der Waals surface area contributed by atoms with Crippen LogP contribution in [0, 0.1) is 22.7 Å². The molecule has 0 heterocycles. The van der Waals surface area contributed by atoms with Gasteiger partial charge < -0.3 is 0 Å². The van der Waals surface area contributed by atoms with Crippen LogP contribution in [0.5, 0.6) is 0 Å². The molecule has 0 radical (unpaired) electrons. The topological polar surface area (TPSA) is 0 Å². The van der Waals surface area contributed by atoms with Gasteiger partial charge in [0, 0.05) is 0 Å². The third-order valence-electron chi connectivity index (χ3n) is 3.91. The highest BCUT2D eigenvalue weighted by Gasteiger charge is 2.40. The molecule has 0 saturated heterocycles. The number of hydrogen-bond donors (Lipinski definition) is 0. The lowest BCUT2D eigenvalue weighted by Crippen LogP contribution is -2.35. The highest BCUT2D eigenvalue weighted by molar-refractivity contribution is 5.19. The van der Waals surface area contributed by atoms with Crippen LogP contribution in [0.15, 0.2) is 24.3 Å². The molecule has 2 rings (SSSR count). The Bertz CT molecular complexity index is 263. The van der Waals surface area contributed by atoms with Gasteiger partial charge in [0.2, 0.25) is 0 Å². The summed E-state index contributed by atoms with van der Waals surface area (Å²) in [7, 11) is 0. The number of allylic oxidation sites excluding steroid dienone is 4. The first-order valence-electron chi connectivity index (χ1n) is 6.23. The SMILES string of the molecule is CC1(C)CC(C2C=CC=C2)CC(C)(C)C1. The van der Waals surface area contributed by atoms with Gasteiger partial charge in [-0.25, -0.2) is 0 Å². The van der Waals surface area contributed by atoms with E-state index >= 15 is 0 Å². The van der Waals surface area contributed by atoms with Crippen LogP contribution in [0.3, 0.4) is 0 Å². The van der Waals surface area contributed by atoms with Gasteiger partial charge in [-0.3, -0.25) is 0 Å². The minimum atomic E-state index is 0.524. The normalized spacial score (nSPS) is 29.9. The second-order valence-electron chi connectivity index (χ2n) is 7.02. The van der Waals surface area contributed by atoms with E-state index in [9.17, 15) is 0 Å². The molecule has 0 spiro atoms. The van der Waals surface area contributed by atoms with Crippen molar-refractivity contribution in [3.05, 3.63) is 24.3 Å². The van der Waals surface area contributed by atoms with Crippen molar-refractivity contribution in [2.45, 2.75) is 47.0 Å². The summed E-state index contributed by atoms with van der Waals surface area (Å²) in [4.78, 5) is 0. The average Bonchev–Trinajstić information content (AvgIpc) is 2.48.